The van der Waals surface area contributed by atoms with Crippen molar-refractivity contribution in [3.8, 4) is 0 Å². The molecule has 5 nitrogen and oxygen atoms in total. The summed E-state index contributed by atoms with van der Waals surface area (Å²) in [6.07, 6.45) is -1.11. The fourth-order valence-corrected chi connectivity index (χ4v) is 4.15. The lowest BCUT2D eigenvalue weighted by molar-refractivity contribution is -0.151. The Labute approximate surface area is 130 Å². The maximum atomic E-state index is 12.4. The third-order valence-electron chi connectivity index (χ3n) is 5.36. The summed E-state index contributed by atoms with van der Waals surface area (Å²) in [5.41, 5.74) is 2.22. The lowest BCUT2D eigenvalue weighted by Gasteiger charge is -2.41. The summed E-state index contributed by atoms with van der Waals surface area (Å²) in [5, 5.41) is 20.6. The van der Waals surface area contributed by atoms with Gasteiger partial charge in [-0.15, -0.1) is 0 Å². The molecule has 2 N–H and O–H groups in total. The van der Waals surface area contributed by atoms with Crippen LogP contribution in [0, 0.1) is 12.8 Å². The molecule has 22 heavy (non-hydrogen) atoms. The van der Waals surface area contributed by atoms with Crippen LogP contribution >= 0.6 is 0 Å². The molecule has 0 aliphatic carbocycles. The Balaban J connectivity index is 2.01. The minimum absolute atomic E-state index is 0.0500. The zero-order chi connectivity index (χ0) is 16.0. The second-order valence-corrected chi connectivity index (χ2v) is 6.51. The molecule has 0 saturated carbocycles. The van der Waals surface area contributed by atoms with Crippen LogP contribution in [-0.4, -0.2) is 59.5 Å². The van der Waals surface area contributed by atoms with Crippen LogP contribution in [0.4, 0.5) is 0 Å². The van der Waals surface area contributed by atoms with Gasteiger partial charge in [-0.05, 0) is 26.0 Å². The van der Waals surface area contributed by atoms with E-state index in [4.69, 9.17) is 4.74 Å². The Morgan fingerprint density at radius 2 is 1.86 bits per heavy atom. The minimum atomic E-state index is -0.922. The molecule has 1 aromatic carbocycles. The van der Waals surface area contributed by atoms with Crippen LogP contribution < -0.4 is 0 Å². The summed E-state index contributed by atoms with van der Waals surface area (Å²) < 4.78 is 4.99. The number of carbonyl (C=O) groups excluding carboxylic acids is 1. The average Bonchev–Trinajstić information content (AvgIpc) is 2.66. The highest BCUT2D eigenvalue weighted by molar-refractivity contribution is 5.75. The molecule has 2 aliphatic rings. The highest BCUT2D eigenvalue weighted by atomic mass is 16.5. The molecule has 120 valence electrons. The van der Waals surface area contributed by atoms with Crippen molar-refractivity contribution in [3.63, 3.8) is 0 Å². The predicted molar refractivity (Wildman–Crippen MR) is 81.4 cm³/mol. The van der Waals surface area contributed by atoms with Crippen LogP contribution in [0.1, 0.15) is 23.5 Å². The Morgan fingerprint density at radius 3 is 2.45 bits per heavy atom. The summed E-state index contributed by atoms with van der Waals surface area (Å²) in [6.45, 7) is 2.02. The van der Waals surface area contributed by atoms with Crippen LogP contribution in [-0.2, 0) is 9.53 Å². The Bertz CT molecular complexity index is 554. The molecular formula is C17H23NO4. The van der Waals surface area contributed by atoms with E-state index in [2.05, 4.69) is 0 Å². The first kappa shape index (κ1) is 15.5. The van der Waals surface area contributed by atoms with E-state index in [1.54, 1.807) is 0 Å². The van der Waals surface area contributed by atoms with E-state index in [0.29, 0.717) is 6.42 Å². The number of benzene rings is 1. The predicted octanol–water partition coefficient (Wildman–Crippen LogP) is 0.676. The highest BCUT2D eigenvalue weighted by Gasteiger charge is 2.58. The van der Waals surface area contributed by atoms with Crippen molar-refractivity contribution >= 4 is 5.97 Å². The van der Waals surface area contributed by atoms with Gasteiger partial charge in [-0.25, -0.2) is 0 Å². The quantitative estimate of drug-likeness (QED) is 0.786. The van der Waals surface area contributed by atoms with Crippen LogP contribution in [0.25, 0.3) is 0 Å². The zero-order valence-electron chi connectivity index (χ0n) is 13.1. The van der Waals surface area contributed by atoms with Crippen molar-refractivity contribution < 1.29 is 19.7 Å². The number of esters is 1. The average molecular weight is 305 g/mol. The summed E-state index contributed by atoms with van der Waals surface area (Å²) >= 11 is 0. The van der Waals surface area contributed by atoms with Gasteiger partial charge in [0.15, 0.2) is 0 Å². The largest absolute Gasteiger partial charge is 0.469 e. The smallest absolute Gasteiger partial charge is 0.310 e. The molecule has 0 aromatic heterocycles. The number of methoxy groups -OCH3 is 1. The van der Waals surface area contributed by atoms with Crippen molar-refractivity contribution in [2.75, 3.05) is 14.2 Å². The zero-order valence-corrected chi connectivity index (χ0v) is 13.1. The van der Waals surface area contributed by atoms with Gasteiger partial charge in [0.2, 0.25) is 0 Å². The fraction of sp³-hybridized carbons (Fsp3) is 0.588. The van der Waals surface area contributed by atoms with Gasteiger partial charge in [0.1, 0.15) is 0 Å². The molecule has 2 fully saturated rings. The highest BCUT2D eigenvalue weighted by Crippen LogP contribution is 2.46. The van der Waals surface area contributed by atoms with Gasteiger partial charge in [-0.1, -0.05) is 29.8 Å². The van der Waals surface area contributed by atoms with Crippen molar-refractivity contribution in [2.45, 2.75) is 43.6 Å². The molecule has 0 spiro atoms. The van der Waals surface area contributed by atoms with E-state index in [0.717, 1.165) is 11.1 Å². The molecule has 6 atom stereocenters. The second kappa shape index (κ2) is 5.65. The van der Waals surface area contributed by atoms with E-state index in [1.165, 1.54) is 7.11 Å². The number of aliphatic hydroxyl groups is 2. The number of aliphatic hydroxyl groups excluding tert-OH is 2. The van der Waals surface area contributed by atoms with E-state index < -0.39 is 24.2 Å². The summed E-state index contributed by atoms with van der Waals surface area (Å²) in [7, 11) is 3.23. The summed E-state index contributed by atoms with van der Waals surface area (Å²) in [5.74, 6) is -0.846. The molecule has 0 radical (unpaired) electrons. The number of hydrogen-bond donors (Lipinski definition) is 2. The van der Waals surface area contributed by atoms with Crippen LogP contribution in [0.15, 0.2) is 24.3 Å². The Hall–Kier alpha value is -1.43. The van der Waals surface area contributed by atoms with E-state index in [-0.39, 0.29) is 17.9 Å². The monoisotopic (exact) mass is 305 g/mol. The van der Waals surface area contributed by atoms with Crippen molar-refractivity contribution in [2.24, 2.45) is 5.92 Å². The standard InChI is InChI=1S/C17H23NO4/c1-9-4-6-10(7-5-9)11-8-12-15(19)16(20)14(18(12)2)13(11)17(21)22-3/h4-7,11-16,19-20H,8H2,1-3H3/t11-,12+,13?,14-,15+,16-/m0/s1. The molecule has 1 unspecified atom stereocenters. The van der Waals surface area contributed by atoms with Crippen molar-refractivity contribution in [3.05, 3.63) is 35.4 Å². The van der Waals surface area contributed by atoms with Crippen molar-refractivity contribution in [1.82, 2.24) is 4.90 Å². The van der Waals surface area contributed by atoms with Crippen molar-refractivity contribution in [1.29, 1.82) is 0 Å². The van der Waals surface area contributed by atoms with E-state index in [1.807, 2.05) is 43.1 Å². The molecule has 2 aliphatic heterocycles. The number of aryl methyl sites for hydroxylation is 1. The number of carbonyl (C=O) groups is 1. The minimum Gasteiger partial charge on any atom is -0.469 e. The number of fused-ring (bicyclic) bond motifs is 2. The van der Waals surface area contributed by atoms with Crippen LogP contribution in [0.5, 0.6) is 0 Å². The SMILES string of the molecule is COC(=O)C1[C@H](c2ccc(C)cc2)C[C@@H]2[C@@H](O)[C@@H](O)[C@H]1N2C. The fourth-order valence-electron chi connectivity index (χ4n) is 4.15. The molecule has 1 aromatic rings. The van der Waals surface area contributed by atoms with Gasteiger partial charge in [-0.3, -0.25) is 9.69 Å². The molecule has 0 amide bonds. The Kier molecular flexibility index (Phi) is 3.97. The topological polar surface area (TPSA) is 70.0 Å². The Morgan fingerprint density at radius 1 is 1.23 bits per heavy atom. The maximum absolute atomic E-state index is 12.4. The van der Waals surface area contributed by atoms with Gasteiger partial charge in [-0.2, -0.15) is 0 Å². The van der Waals surface area contributed by atoms with Crippen LogP contribution in [0.3, 0.4) is 0 Å². The lowest BCUT2D eigenvalue weighted by Crippen LogP contribution is -2.51. The molecule has 2 heterocycles. The van der Waals surface area contributed by atoms with Gasteiger partial charge >= 0.3 is 5.97 Å². The van der Waals surface area contributed by atoms with Gasteiger partial charge in [0.25, 0.3) is 0 Å². The second-order valence-electron chi connectivity index (χ2n) is 6.51. The molecular weight excluding hydrogens is 282 g/mol. The maximum Gasteiger partial charge on any atom is 0.310 e. The number of likely N-dealkylation sites (N-methyl/N-ethyl adjacent to an activating group) is 1. The lowest BCUT2D eigenvalue weighted by atomic mass is 9.76. The molecule has 2 saturated heterocycles. The molecule has 5 heteroatoms. The number of nitrogens with zero attached hydrogens (tertiary/aromatic N) is 1. The van der Waals surface area contributed by atoms with Gasteiger partial charge in [0, 0.05) is 12.0 Å². The third-order valence-corrected chi connectivity index (χ3v) is 5.36. The number of ether oxygens (including phenoxy) is 1. The number of piperidine rings is 1. The normalized spacial score (nSPS) is 38.0. The number of hydrogen-bond acceptors (Lipinski definition) is 5. The molecule has 2 bridgehead atoms. The summed E-state index contributed by atoms with van der Waals surface area (Å²) in [6, 6.07) is 7.56. The van der Waals surface area contributed by atoms with Gasteiger partial charge < -0.3 is 14.9 Å². The first-order valence-corrected chi connectivity index (χ1v) is 7.68. The molecule has 3 rings (SSSR count). The van der Waals surface area contributed by atoms with Gasteiger partial charge in [0.05, 0.1) is 31.3 Å². The number of rotatable bonds is 2. The van der Waals surface area contributed by atoms with E-state index >= 15 is 0 Å². The first-order valence-electron chi connectivity index (χ1n) is 7.68. The third kappa shape index (κ3) is 2.24. The van der Waals surface area contributed by atoms with Crippen LogP contribution in [0.2, 0.25) is 0 Å². The first-order chi connectivity index (χ1) is 10.5. The summed E-state index contributed by atoms with van der Waals surface area (Å²) in [4.78, 5) is 14.3. The van der Waals surface area contributed by atoms with E-state index in [9.17, 15) is 15.0 Å².